The summed E-state index contributed by atoms with van der Waals surface area (Å²) in [6, 6.07) is 5.32. The first-order chi connectivity index (χ1) is 12.1. The lowest BCUT2D eigenvalue weighted by Gasteiger charge is -2.32. The van der Waals surface area contributed by atoms with E-state index in [2.05, 4.69) is 15.0 Å². The van der Waals surface area contributed by atoms with Crippen molar-refractivity contribution in [3.8, 4) is 11.8 Å². The monoisotopic (exact) mass is 342 g/mol. The number of pyridine rings is 1. The van der Waals surface area contributed by atoms with Crippen molar-refractivity contribution in [3.63, 3.8) is 0 Å². The van der Waals surface area contributed by atoms with Crippen LogP contribution in [0.1, 0.15) is 34.7 Å². The lowest BCUT2D eigenvalue weighted by atomic mass is 10.1. The average molecular weight is 342 g/mol. The van der Waals surface area contributed by atoms with Crippen LogP contribution in [-0.2, 0) is 0 Å². The molecule has 0 spiro atoms. The van der Waals surface area contributed by atoms with Crippen molar-refractivity contribution in [1.82, 2.24) is 19.9 Å². The number of carbonyl (C=O) groups is 1. The molecule has 0 radical (unpaired) electrons. The van der Waals surface area contributed by atoms with Gasteiger partial charge in [0.05, 0.1) is 7.11 Å². The van der Waals surface area contributed by atoms with Gasteiger partial charge in [-0.15, -0.1) is 0 Å². The Morgan fingerprint density at radius 2 is 2.00 bits per heavy atom. The lowest BCUT2D eigenvalue weighted by molar-refractivity contribution is 0.0584. The number of hydrogen-bond donors (Lipinski definition) is 0. The second kappa shape index (κ2) is 7.46. The molecule has 3 rings (SSSR count). The van der Waals surface area contributed by atoms with E-state index in [9.17, 15) is 4.79 Å². The standard InChI is InChI=1S/C18H22N4O3/c1-12-11-16(21-13(2)20-12)25-14-6-9-22(10-7-14)18(23)15-5-4-8-19-17(15)24-3/h4-5,8,11,14H,6-7,9-10H2,1-3H3. The minimum Gasteiger partial charge on any atom is -0.480 e. The largest absolute Gasteiger partial charge is 0.480 e. The smallest absolute Gasteiger partial charge is 0.259 e. The number of ether oxygens (including phenoxy) is 2. The topological polar surface area (TPSA) is 77.4 Å². The number of hydrogen-bond acceptors (Lipinski definition) is 6. The summed E-state index contributed by atoms with van der Waals surface area (Å²) < 4.78 is 11.2. The molecule has 7 heteroatoms. The predicted molar refractivity (Wildman–Crippen MR) is 91.8 cm³/mol. The van der Waals surface area contributed by atoms with Crippen LogP contribution < -0.4 is 9.47 Å². The maximum absolute atomic E-state index is 12.7. The van der Waals surface area contributed by atoms with Gasteiger partial charge in [0.15, 0.2) is 0 Å². The van der Waals surface area contributed by atoms with E-state index in [1.807, 2.05) is 24.8 Å². The molecular weight excluding hydrogens is 320 g/mol. The maximum Gasteiger partial charge on any atom is 0.259 e. The van der Waals surface area contributed by atoms with Gasteiger partial charge in [-0.3, -0.25) is 4.79 Å². The van der Waals surface area contributed by atoms with Gasteiger partial charge in [0.2, 0.25) is 11.8 Å². The minimum absolute atomic E-state index is 0.0496. The highest BCUT2D eigenvalue weighted by molar-refractivity contribution is 5.96. The van der Waals surface area contributed by atoms with E-state index in [-0.39, 0.29) is 12.0 Å². The number of methoxy groups -OCH3 is 1. The fraction of sp³-hybridized carbons (Fsp3) is 0.444. The van der Waals surface area contributed by atoms with E-state index < -0.39 is 0 Å². The molecule has 0 bridgehead atoms. The van der Waals surface area contributed by atoms with Crippen LogP contribution in [0, 0.1) is 13.8 Å². The first-order valence-electron chi connectivity index (χ1n) is 8.34. The Labute approximate surface area is 147 Å². The normalized spacial score (nSPS) is 15.1. The first-order valence-corrected chi connectivity index (χ1v) is 8.34. The average Bonchev–Trinajstić information content (AvgIpc) is 2.61. The Kier molecular flexibility index (Phi) is 5.11. The van der Waals surface area contributed by atoms with E-state index in [4.69, 9.17) is 9.47 Å². The van der Waals surface area contributed by atoms with Crippen molar-refractivity contribution in [2.24, 2.45) is 0 Å². The molecule has 1 aliphatic heterocycles. The van der Waals surface area contributed by atoms with Gasteiger partial charge in [-0.1, -0.05) is 0 Å². The van der Waals surface area contributed by atoms with Crippen molar-refractivity contribution in [1.29, 1.82) is 0 Å². The second-order valence-corrected chi connectivity index (χ2v) is 6.06. The van der Waals surface area contributed by atoms with Crippen LogP contribution in [0.5, 0.6) is 11.8 Å². The molecule has 0 N–H and O–H groups in total. The summed E-state index contributed by atoms with van der Waals surface area (Å²) in [5, 5.41) is 0. The quantitative estimate of drug-likeness (QED) is 0.847. The summed E-state index contributed by atoms with van der Waals surface area (Å²) in [6.07, 6.45) is 3.18. The number of carbonyl (C=O) groups excluding carboxylic acids is 1. The van der Waals surface area contributed by atoms with Crippen molar-refractivity contribution in [3.05, 3.63) is 41.5 Å². The molecule has 3 heterocycles. The molecule has 1 amide bonds. The van der Waals surface area contributed by atoms with Gasteiger partial charge in [-0.05, 0) is 26.0 Å². The van der Waals surface area contributed by atoms with Crippen LogP contribution >= 0.6 is 0 Å². The molecule has 1 saturated heterocycles. The zero-order chi connectivity index (χ0) is 17.8. The first kappa shape index (κ1) is 17.1. The highest BCUT2D eigenvalue weighted by Crippen LogP contribution is 2.22. The summed E-state index contributed by atoms with van der Waals surface area (Å²) in [5.41, 5.74) is 1.38. The highest BCUT2D eigenvalue weighted by Gasteiger charge is 2.27. The van der Waals surface area contributed by atoms with Crippen LogP contribution in [0.3, 0.4) is 0 Å². The van der Waals surface area contributed by atoms with Gasteiger partial charge in [0.1, 0.15) is 17.5 Å². The molecule has 0 atom stereocenters. The molecule has 25 heavy (non-hydrogen) atoms. The Balaban J connectivity index is 1.60. The number of likely N-dealkylation sites (tertiary alicyclic amines) is 1. The third-order valence-corrected chi connectivity index (χ3v) is 4.15. The van der Waals surface area contributed by atoms with Crippen LogP contribution in [0.15, 0.2) is 24.4 Å². The predicted octanol–water partition coefficient (Wildman–Crippen LogP) is 2.18. The Morgan fingerprint density at radius 3 is 2.68 bits per heavy atom. The van der Waals surface area contributed by atoms with Crippen LogP contribution in [0.4, 0.5) is 0 Å². The Morgan fingerprint density at radius 1 is 1.24 bits per heavy atom. The Hall–Kier alpha value is -2.70. The zero-order valence-corrected chi connectivity index (χ0v) is 14.7. The van der Waals surface area contributed by atoms with E-state index in [0.29, 0.717) is 36.2 Å². The molecule has 0 unspecified atom stereocenters. The molecular formula is C18H22N4O3. The van der Waals surface area contributed by atoms with Crippen LogP contribution in [-0.4, -0.2) is 52.1 Å². The highest BCUT2D eigenvalue weighted by atomic mass is 16.5. The fourth-order valence-electron chi connectivity index (χ4n) is 2.98. The molecule has 0 aliphatic carbocycles. The van der Waals surface area contributed by atoms with Crippen molar-refractivity contribution in [2.75, 3.05) is 20.2 Å². The number of piperidine rings is 1. The number of rotatable bonds is 4. The number of nitrogens with zero attached hydrogens (tertiary/aromatic N) is 4. The van der Waals surface area contributed by atoms with Crippen LogP contribution in [0.25, 0.3) is 0 Å². The van der Waals surface area contributed by atoms with Crippen LogP contribution in [0.2, 0.25) is 0 Å². The Bertz CT molecular complexity index is 737. The fourth-order valence-corrected chi connectivity index (χ4v) is 2.98. The molecule has 1 aliphatic rings. The minimum atomic E-state index is -0.0582. The third-order valence-electron chi connectivity index (χ3n) is 4.15. The van der Waals surface area contributed by atoms with Gasteiger partial charge < -0.3 is 14.4 Å². The van der Waals surface area contributed by atoms with Gasteiger partial charge in [-0.25, -0.2) is 9.97 Å². The molecule has 0 saturated carbocycles. The van der Waals surface area contributed by atoms with Gasteiger partial charge in [-0.2, -0.15) is 4.98 Å². The van der Waals surface area contributed by atoms with E-state index >= 15 is 0 Å². The lowest BCUT2D eigenvalue weighted by Crippen LogP contribution is -2.42. The SMILES string of the molecule is COc1ncccc1C(=O)N1CCC(Oc2cc(C)nc(C)n2)CC1. The van der Waals surface area contributed by atoms with Gasteiger partial charge in [0, 0.05) is 43.9 Å². The summed E-state index contributed by atoms with van der Waals surface area (Å²) in [6.45, 7) is 5.03. The molecule has 0 aromatic carbocycles. The summed E-state index contributed by atoms with van der Waals surface area (Å²) in [4.78, 5) is 27.1. The summed E-state index contributed by atoms with van der Waals surface area (Å²) >= 11 is 0. The van der Waals surface area contributed by atoms with E-state index in [1.165, 1.54) is 7.11 Å². The number of aromatic nitrogens is 3. The van der Waals surface area contributed by atoms with Crippen molar-refractivity contribution in [2.45, 2.75) is 32.8 Å². The number of amides is 1. The van der Waals surface area contributed by atoms with Gasteiger partial charge in [0.25, 0.3) is 5.91 Å². The maximum atomic E-state index is 12.7. The van der Waals surface area contributed by atoms with Crippen molar-refractivity contribution < 1.29 is 14.3 Å². The number of aryl methyl sites for hydroxylation is 2. The third kappa shape index (κ3) is 4.04. The molecule has 2 aromatic rings. The zero-order valence-electron chi connectivity index (χ0n) is 14.7. The molecule has 1 fully saturated rings. The van der Waals surface area contributed by atoms with E-state index in [1.54, 1.807) is 18.3 Å². The molecule has 2 aromatic heterocycles. The molecule has 132 valence electrons. The summed E-state index contributed by atoms with van der Waals surface area (Å²) in [7, 11) is 1.52. The van der Waals surface area contributed by atoms with E-state index in [0.717, 1.165) is 18.5 Å². The summed E-state index contributed by atoms with van der Waals surface area (Å²) in [5.74, 6) is 1.60. The van der Waals surface area contributed by atoms with Gasteiger partial charge >= 0.3 is 0 Å². The van der Waals surface area contributed by atoms with Crippen molar-refractivity contribution >= 4 is 5.91 Å². The molecule has 7 nitrogen and oxygen atoms in total. The second-order valence-electron chi connectivity index (χ2n) is 6.06.